The van der Waals surface area contributed by atoms with Crippen LogP contribution in [0.25, 0.3) is 0 Å². The number of hydrogen-bond donors (Lipinski definition) is 0. The molecule has 0 radical (unpaired) electrons. The summed E-state index contributed by atoms with van der Waals surface area (Å²) < 4.78 is 10.3. The van der Waals surface area contributed by atoms with Crippen molar-refractivity contribution in [3.63, 3.8) is 0 Å². The maximum Gasteiger partial charge on any atom is 0.331 e. The van der Waals surface area contributed by atoms with Crippen molar-refractivity contribution >= 4 is 5.97 Å². The van der Waals surface area contributed by atoms with E-state index in [-0.39, 0.29) is 6.61 Å². The average molecular weight is 275 g/mol. The maximum absolute atomic E-state index is 12.3. The molecule has 1 aromatic rings. The van der Waals surface area contributed by atoms with E-state index in [1.807, 2.05) is 6.92 Å². The van der Waals surface area contributed by atoms with Crippen LogP contribution in [0.4, 0.5) is 0 Å². The molecular weight excluding hydrogens is 254 g/mol. The molecule has 0 saturated carbocycles. The predicted molar refractivity (Wildman–Crippen MR) is 76.4 cm³/mol. The van der Waals surface area contributed by atoms with Gasteiger partial charge in [0.25, 0.3) is 0 Å². The zero-order chi connectivity index (χ0) is 15.0. The second-order valence-electron chi connectivity index (χ2n) is 4.57. The molecule has 4 nitrogen and oxygen atoms in total. The number of hydrogen-bond acceptors (Lipinski definition) is 4. The van der Waals surface area contributed by atoms with Gasteiger partial charge < -0.3 is 9.47 Å². The van der Waals surface area contributed by atoms with Crippen molar-refractivity contribution in [2.75, 3.05) is 13.7 Å². The van der Waals surface area contributed by atoms with Crippen LogP contribution in [0.3, 0.4) is 0 Å². The minimum atomic E-state index is -1.25. The molecule has 4 heteroatoms. The lowest BCUT2D eigenvalue weighted by molar-refractivity contribution is -0.148. The molecule has 0 aliphatic rings. The van der Waals surface area contributed by atoms with Gasteiger partial charge in [0.1, 0.15) is 5.75 Å². The van der Waals surface area contributed by atoms with Gasteiger partial charge >= 0.3 is 5.97 Å². The Morgan fingerprint density at radius 3 is 2.70 bits per heavy atom. The summed E-state index contributed by atoms with van der Waals surface area (Å²) in [4.78, 5) is 12.3. The number of methoxy groups -OCH3 is 1. The molecule has 0 unspecified atom stereocenters. The van der Waals surface area contributed by atoms with E-state index in [4.69, 9.17) is 9.47 Å². The SMILES string of the molecule is CCCC[C@](C#N)(C(=O)OCC)c1cccc(OC)c1. The zero-order valence-corrected chi connectivity index (χ0v) is 12.3. The van der Waals surface area contributed by atoms with Crippen LogP contribution in [-0.4, -0.2) is 19.7 Å². The highest BCUT2D eigenvalue weighted by molar-refractivity contribution is 5.87. The molecule has 1 rings (SSSR count). The van der Waals surface area contributed by atoms with Gasteiger partial charge in [-0.2, -0.15) is 5.26 Å². The molecule has 1 aromatic carbocycles. The van der Waals surface area contributed by atoms with E-state index in [0.29, 0.717) is 17.7 Å². The molecule has 20 heavy (non-hydrogen) atoms. The molecule has 0 saturated heterocycles. The second kappa shape index (κ2) is 7.54. The Morgan fingerprint density at radius 2 is 2.15 bits per heavy atom. The first-order chi connectivity index (χ1) is 9.64. The Labute approximate surface area is 120 Å². The fourth-order valence-corrected chi connectivity index (χ4v) is 2.12. The van der Waals surface area contributed by atoms with Crippen molar-refractivity contribution in [2.45, 2.75) is 38.5 Å². The maximum atomic E-state index is 12.3. The van der Waals surface area contributed by atoms with Gasteiger partial charge in [-0.05, 0) is 31.0 Å². The van der Waals surface area contributed by atoms with Crippen LogP contribution in [0.2, 0.25) is 0 Å². The number of benzene rings is 1. The smallest absolute Gasteiger partial charge is 0.331 e. The number of carbonyl (C=O) groups is 1. The largest absolute Gasteiger partial charge is 0.497 e. The molecule has 108 valence electrons. The Kier molecular flexibility index (Phi) is 6.05. The minimum absolute atomic E-state index is 0.262. The molecule has 0 amide bonds. The van der Waals surface area contributed by atoms with Gasteiger partial charge in [-0.3, -0.25) is 0 Å². The van der Waals surface area contributed by atoms with Crippen LogP contribution in [0, 0.1) is 11.3 Å². The second-order valence-corrected chi connectivity index (χ2v) is 4.57. The van der Waals surface area contributed by atoms with Crippen molar-refractivity contribution in [2.24, 2.45) is 0 Å². The van der Waals surface area contributed by atoms with Crippen LogP contribution in [-0.2, 0) is 14.9 Å². The number of rotatable bonds is 7. The van der Waals surface area contributed by atoms with Crippen LogP contribution >= 0.6 is 0 Å². The number of esters is 1. The summed E-state index contributed by atoms with van der Waals surface area (Å²) >= 11 is 0. The van der Waals surface area contributed by atoms with E-state index in [9.17, 15) is 10.1 Å². The highest BCUT2D eigenvalue weighted by Gasteiger charge is 2.41. The van der Waals surface area contributed by atoms with Gasteiger partial charge in [0.15, 0.2) is 5.41 Å². The zero-order valence-electron chi connectivity index (χ0n) is 12.3. The van der Waals surface area contributed by atoms with Crippen molar-refractivity contribution in [1.29, 1.82) is 5.26 Å². The normalized spacial score (nSPS) is 13.1. The topological polar surface area (TPSA) is 59.3 Å². The fourth-order valence-electron chi connectivity index (χ4n) is 2.12. The third-order valence-corrected chi connectivity index (χ3v) is 3.28. The summed E-state index contributed by atoms with van der Waals surface area (Å²) in [5.41, 5.74) is -0.619. The van der Waals surface area contributed by atoms with Gasteiger partial charge in [0.2, 0.25) is 0 Å². The third kappa shape index (κ3) is 3.30. The van der Waals surface area contributed by atoms with Crippen LogP contribution in [0.15, 0.2) is 24.3 Å². The lowest BCUT2D eigenvalue weighted by Crippen LogP contribution is -2.36. The summed E-state index contributed by atoms with van der Waals surface area (Å²) in [5.74, 6) is 0.145. The first-order valence-electron chi connectivity index (χ1n) is 6.87. The fraction of sp³-hybridized carbons (Fsp3) is 0.500. The monoisotopic (exact) mass is 275 g/mol. The summed E-state index contributed by atoms with van der Waals surface area (Å²) in [6.45, 7) is 4.03. The highest BCUT2D eigenvalue weighted by Crippen LogP contribution is 2.33. The summed E-state index contributed by atoms with van der Waals surface area (Å²) in [6.07, 6.45) is 2.14. The first kappa shape index (κ1) is 16.0. The lowest BCUT2D eigenvalue weighted by Gasteiger charge is -2.25. The molecule has 0 aliphatic carbocycles. The van der Waals surface area contributed by atoms with E-state index >= 15 is 0 Å². The third-order valence-electron chi connectivity index (χ3n) is 3.28. The number of ether oxygens (including phenoxy) is 2. The Bertz CT molecular complexity index is 493. The molecular formula is C16H21NO3. The Hall–Kier alpha value is -2.02. The minimum Gasteiger partial charge on any atom is -0.497 e. The van der Waals surface area contributed by atoms with E-state index in [2.05, 4.69) is 6.07 Å². The highest BCUT2D eigenvalue weighted by atomic mass is 16.5. The molecule has 0 aromatic heterocycles. The molecule has 0 N–H and O–H groups in total. The van der Waals surface area contributed by atoms with Crippen LogP contribution in [0.1, 0.15) is 38.7 Å². The average Bonchev–Trinajstić information content (AvgIpc) is 2.49. The van der Waals surface area contributed by atoms with Crippen molar-refractivity contribution in [1.82, 2.24) is 0 Å². The standard InChI is InChI=1S/C16H21NO3/c1-4-6-10-16(12-17,15(18)20-5-2)13-8-7-9-14(11-13)19-3/h7-9,11H,4-6,10H2,1-3H3/t16-/m1/s1. The van der Waals surface area contributed by atoms with Gasteiger partial charge in [0, 0.05) is 0 Å². The predicted octanol–water partition coefficient (Wildman–Crippen LogP) is 3.21. The van der Waals surface area contributed by atoms with Gasteiger partial charge in [-0.1, -0.05) is 31.9 Å². The summed E-state index contributed by atoms with van der Waals surface area (Å²) in [7, 11) is 1.56. The van der Waals surface area contributed by atoms with E-state index in [0.717, 1.165) is 12.8 Å². The van der Waals surface area contributed by atoms with Crippen LogP contribution < -0.4 is 4.74 Å². The Balaban J connectivity index is 3.26. The number of unbranched alkanes of at least 4 members (excludes halogenated alkanes) is 1. The van der Waals surface area contributed by atoms with Crippen molar-refractivity contribution in [3.8, 4) is 11.8 Å². The van der Waals surface area contributed by atoms with Crippen molar-refractivity contribution in [3.05, 3.63) is 29.8 Å². The van der Waals surface area contributed by atoms with E-state index < -0.39 is 11.4 Å². The number of nitrogens with zero attached hydrogens (tertiary/aromatic N) is 1. The van der Waals surface area contributed by atoms with Gasteiger partial charge in [-0.25, -0.2) is 4.79 Å². The molecule has 0 heterocycles. The Morgan fingerprint density at radius 1 is 1.40 bits per heavy atom. The number of carbonyl (C=O) groups excluding carboxylic acids is 1. The van der Waals surface area contributed by atoms with Crippen LogP contribution in [0.5, 0.6) is 5.75 Å². The molecule has 1 atom stereocenters. The van der Waals surface area contributed by atoms with Gasteiger partial charge in [-0.15, -0.1) is 0 Å². The summed E-state index contributed by atoms with van der Waals surface area (Å²) in [5, 5.41) is 9.63. The van der Waals surface area contributed by atoms with Crippen molar-refractivity contribution < 1.29 is 14.3 Å². The molecule has 0 bridgehead atoms. The van der Waals surface area contributed by atoms with Gasteiger partial charge in [0.05, 0.1) is 19.8 Å². The quantitative estimate of drug-likeness (QED) is 0.717. The molecule has 0 aliphatic heterocycles. The van der Waals surface area contributed by atoms with E-state index in [1.165, 1.54) is 0 Å². The molecule has 0 fully saturated rings. The lowest BCUT2D eigenvalue weighted by atomic mass is 9.77. The molecule has 0 spiro atoms. The number of nitriles is 1. The first-order valence-corrected chi connectivity index (χ1v) is 6.87. The van der Waals surface area contributed by atoms with E-state index in [1.54, 1.807) is 38.3 Å². The summed E-state index contributed by atoms with van der Waals surface area (Å²) in [6, 6.07) is 9.25.